The summed E-state index contributed by atoms with van der Waals surface area (Å²) in [6.07, 6.45) is 3.83. The lowest BCUT2D eigenvalue weighted by Crippen LogP contribution is -2.44. The molecule has 7 nitrogen and oxygen atoms in total. The molecule has 0 radical (unpaired) electrons. The molecule has 0 saturated carbocycles. The second-order valence-corrected chi connectivity index (χ2v) is 9.10. The SMILES string of the molecule is CN=C(NCCCOCC1CCOCC1)NCc1ccc(CN2CC(C)OC(C)C2)cc1.I. The zero-order valence-electron chi connectivity index (χ0n) is 20.6. The van der Waals surface area contributed by atoms with Crippen LogP contribution in [0.2, 0.25) is 0 Å². The van der Waals surface area contributed by atoms with Crippen LogP contribution in [-0.4, -0.2) is 76.2 Å². The molecule has 2 unspecified atom stereocenters. The summed E-state index contributed by atoms with van der Waals surface area (Å²) >= 11 is 0. The van der Waals surface area contributed by atoms with Crippen molar-refractivity contribution in [1.29, 1.82) is 0 Å². The van der Waals surface area contributed by atoms with Crippen LogP contribution in [0.5, 0.6) is 0 Å². The Hall–Kier alpha value is -0.940. The van der Waals surface area contributed by atoms with Crippen LogP contribution in [0.15, 0.2) is 29.3 Å². The monoisotopic (exact) mass is 574 g/mol. The van der Waals surface area contributed by atoms with Gasteiger partial charge in [0.05, 0.1) is 12.2 Å². The number of halogens is 1. The highest BCUT2D eigenvalue weighted by atomic mass is 127. The van der Waals surface area contributed by atoms with Crippen LogP contribution in [-0.2, 0) is 27.3 Å². The predicted molar refractivity (Wildman–Crippen MR) is 144 cm³/mol. The standard InChI is InChI=1S/C25H42N4O3.HI/c1-20-16-29(17-21(2)32-20)18-23-7-5-22(6-8-23)15-28-25(26-3)27-11-4-12-31-19-24-9-13-30-14-10-24;/h5-8,20-21,24H,4,9-19H2,1-3H3,(H2,26,27,28);1H. The van der Waals surface area contributed by atoms with Gasteiger partial charge < -0.3 is 24.8 Å². The Bertz CT molecular complexity index is 673. The van der Waals surface area contributed by atoms with Gasteiger partial charge in [0, 0.05) is 66.2 Å². The number of aliphatic imine (C=N–C) groups is 1. The van der Waals surface area contributed by atoms with E-state index in [2.05, 4.69) is 58.6 Å². The summed E-state index contributed by atoms with van der Waals surface area (Å²) < 4.78 is 17.1. The number of nitrogens with zero attached hydrogens (tertiary/aromatic N) is 2. The first kappa shape index (κ1) is 28.3. The van der Waals surface area contributed by atoms with Crippen molar-refractivity contribution >= 4 is 29.9 Å². The van der Waals surface area contributed by atoms with Crippen LogP contribution in [0.1, 0.15) is 44.2 Å². The van der Waals surface area contributed by atoms with Gasteiger partial charge in [-0.1, -0.05) is 24.3 Å². The van der Waals surface area contributed by atoms with Crippen LogP contribution in [0, 0.1) is 5.92 Å². The largest absolute Gasteiger partial charge is 0.381 e. The van der Waals surface area contributed by atoms with Crippen molar-refractivity contribution in [3.05, 3.63) is 35.4 Å². The lowest BCUT2D eigenvalue weighted by molar-refractivity contribution is -0.0704. The summed E-state index contributed by atoms with van der Waals surface area (Å²) in [6.45, 7) is 12.3. The highest BCUT2D eigenvalue weighted by Crippen LogP contribution is 2.15. The minimum absolute atomic E-state index is 0. The van der Waals surface area contributed by atoms with E-state index in [1.54, 1.807) is 0 Å². The number of nitrogens with one attached hydrogen (secondary N) is 2. The summed E-state index contributed by atoms with van der Waals surface area (Å²) in [6, 6.07) is 8.86. The first-order valence-corrected chi connectivity index (χ1v) is 12.2. The third-order valence-electron chi connectivity index (χ3n) is 6.06. The molecule has 2 aliphatic rings. The van der Waals surface area contributed by atoms with Gasteiger partial charge >= 0.3 is 0 Å². The van der Waals surface area contributed by atoms with Gasteiger partial charge in [-0.3, -0.25) is 9.89 Å². The average molecular weight is 575 g/mol. The quantitative estimate of drug-likeness (QED) is 0.193. The Morgan fingerprint density at radius 1 is 1.06 bits per heavy atom. The smallest absolute Gasteiger partial charge is 0.191 e. The lowest BCUT2D eigenvalue weighted by atomic mass is 10.0. The molecule has 8 heteroatoms. The maximum Gasteiger partial charge on any atom is 0.191 e. The first-order valence-electron chi connectivity index (χ1n) is 12.2. The number of benzene rings is 1. The molecule has 188 valence electrons. The first-order chi connectivity index (χ1) is 15.6. The van der Waals surface area contributed by atoms with Crippen LogP contribution in [0.3, 0.4) is 0 Å². The van der Waals surface area contributed by atoms with E-state index < -0.39 is 0 Å². The number of rotatable bonds is 10. The number of ether oxygens (including phenoxy) is 3. The summed E-state index contributed by atoms with van der Waals surface area (Å²) in [4.78, 5) is 6.80. The van der Waals surface area contributed by atoms with E-state index in [1.165, 1.54) is 11.1 Å². The number of hydrogen-bond donors (Lipinski definition) is 2. The van der Waals surface area contributed by atoms with Crippen molar-refractivity contribution in [1.82, 2.24) is 15.5 Å². The van der Waals surface area contributed by atoms with E-state index in [0.717, 1.165) is 84.4 Å². The predicted octanol–water partition coefficient (Wildman–Crippen LogP) is 3.41. The van der Waals surface area contributed by atoms with Gasteiger partial charge in [0.1, 0.15) is 0 Å². The van der Waals surface area contributed by atoms with E-state index >= 15 is 0 Å². The van der Waals surface area contributed by atoms with Crippen LogP contribution >= 0.6 is 24.0 Å². The molecule has 0 bridgehead atoms. The summed E-state index contributed by atoms with van der Waals surface area (Å²) in [5.74, 6) is 1.49. The number of guanidine groups is 1. The zero-order valence-corrected chi connectivity index (χ0v) is 22.9. The molecule has 3 rings (SSSR count). The minimum Gasteiger partial charge on any atom is -0.381 e. The van der Waals surface area contributed by atoms with Gasteiger partial charge in [0.2, 0.25) is 0 Å². The van der Waals surface area contributed by atoms with E-state index in [-0.39, 0.29) is 24.0 Å². The van der Waals surface area contributed by atoms with Crippen LogP contribution in [0.4, 0.5) is 0 Å². The van der Waals surface area contributed by atoms with E-state index in [0.29, 0.717) is 18.1 Å². The van der Waals surface area contributed by atoms with Gasteiger partial charge in [-0.2, -0.15) is 0 Å². The van der Waals surface area contributed by atoms with Crippen LogP contribution < -0.4 is 10.6 Å². The molecule has 2 saturated heterocycles. The second-order valence-electron chi connectivity index (χ2n) is 9.10. The average Bonchev–Trinajstić information content (AvgIpc) is 2.79. The van der Waals surface area contributed by atoms with Crippen molar-refractivity contribution < 1.29 is 14.2 Å². The Morgan fingerprint density at radius 2 is 1.73 bits per heavy atom. The van der Waals surface area contributed by atoms with Gasteiger partial charge in [-0.05, 0) is 50.2 Å². The van der Waals surface area contributed by atoms with Crippen molar-refractivity contribution in [2.45, 2.75) is 58.4 Å². The molecule has 1 aromatic carbocycles. The van der Waals surface area contributed by atoms with E-state index in [1.807, 2.05) is 7.05 Å². The fraction of sp³-hybridized carbons (Fsp3) is 0.720. The van der Waals surface area contributed by atoms with Crippen LogP contribution in [0.25, 0.3) is 0 Å². The van der Waals surface area contributed by atoms with Crippen molar-refractivity contribution in [3.63, 3.8) is 0 Å². The second kappa shape index (κ2) is 15.9. The van der Waals surface area contributed by atoms with Crippen molar-refractivity contribution in [2.24, 2.45) is 10.9 Å². The minimum atomic E-state index is 0. The normalized spacial score (nSPS) is 22.6. The van der Waals surface area contributed by atoms with E-state index in [9.17, 15) is 0 Å². The maximum absolute atomic E-state index is 5.83. The molecule has 2 N–H and O–H groups in total. The molecule has 0 aromatic heterocycles. The molecular formula is C25H43IN4O3. The fourth-order valence-electron chi connectivity index (χ4n) is 4.38. The summed E-state index contributed by atoms with van der Waals surface area (Å²) in [5, 5.41) is 6.77. The molecule has 2 heterocycles. The van der Waals surface area contributed by atoms with E-state index in [4.69, 9.17) is 14.2 Å². The molecule has 1 aromatic rings. The van der Waals surface area contributed by atoms with Gasteiger partial charge in [0.15, 0.2) is 5.96 Å². The molecule has 0 spiro atoms. The number of hydrogen-bond acceptors (Lipinski definition) is 5. The third kappa shape index (κ3) is 10.9. The highest BCUT2D eigenvalue weighted by molar-refractivity contribution is 14.0. The highest BCUT2D eigenvalue weighted by Gasteiger charge is 2.21. The van der Waals surface area contributed by atoms with Gasteiger partial charge in [-0.25, -0.2) is 0 Å². The lowest BCUT2D eigenvalue weighted by Gasteiger charge is -2.35. The zero-order chi connectivity index (χ0) is 22.6. The molecule has 0 aliphatic carbocycles. The van der Waals surface area contributed by atoms with Gasteiger partial charge in [-0.15, -0.1) is 24.0 Å². The summed E-state index contributed by atoms with van der Waals surface area (Å²) in [5.41, 5.74) is 2.60. The molecule has 33 heavy (non-hydrogen) atoms. The van der Waals surface area contributed by atoms with Crippen molar-refractivity contribution in [2.75, 3.05) is 53.1 Å². The molecular weight excluding hydrogens is 531 g/mol. The maximum atomic E-state index is 5.83. The molecule has 0 amide bonds. The number of morpholine rings is 1. The third-order valence-corrected chi connectivity index (χ3v) is 6.06. The Kier molecular flexibility index (Phi) is 13.6. The Labute approximate surface area is 217 Å². The molecule has 2 atom stereocenters. The fourth-order valence-corrected chi connectivity index (χ4v) is 4.38. The summed E-state index contributed by atoms with van der Waals surface area (Å²) in [7, 11) is 1.81. The van der Waals surface area contributed by atoms with Gasteiger partial charge in [0.25, 0.3) is 0 Å². The Morgan fingerprint density at radius 3 is 2.39 bits per heavy atom. The topological polar surface area (TPSA) is 67.4 Å². The molecule has 2 fully saturated rings. The van der Waals surface area contributed by atoms with Crippen molar-refractivity contribution in [3.8, 4) is 0 Å². The Balaban J connectivity index is 0.00000385. The molecule has 2 aliphatic heterocycles.